The van der Waals surface area contributed by atoms with Crippen molar-refractivity contribution in [2.75, 3.05) is 13.2 Å². The molecule has 6 heteroatoms. The highest BCUT2D eigenvalue weighted by Gasteiger charge is 2.13. The van der Waals surface area contributed by atoms with Crippen LogP contribution in [0.5, 0.6) is 11.5 Å². The van der Waals surface area contributed by atoms with Gasteiger partial charge in [-0.15, -0.1) is 0 Å². The first-order chi connectivity index (χ1) is 12.6. The van der Waals surface area contributed by atoms with E-state index in [4.69, 9.17) is 25.8 Å². The van der Waals surface area contributed by atoms with Crippen LogP contribution in [0, 0.1) is 0 Å². The van der Waals surface area contributed by atoms with E-state index in [-0.39, 0.29) is 13.2 Å². The second-order valence-electron chi connectivity index (χ2n) is 5.66. The fourth-order valence-electron chi connectivity index (χ4n) is 2.39. The maximum Gasteiger partial charge on any atom is 0.344 e. The van der Waals surface area contributed by atoms with Gasteiger partial charge in [0.05, 0.1) is 5.02 Å². The van der Waals surface area contributed by atoms with Crippen LogP contribution in [0.25, 0.3) is 10.9 Å². The molecule has 0 spiro atoms. The molecule has 1 heterocycles. The van der Waals surface area contributed by atoms with Crippen molar-refractivity contribution < 1.29 is 19.0 Å². The Bertz CT molecular complexity index is 885. The van der Waals surface area contributed by atoms with E-state index in [0.717, 1.165) is 11.1 Å². The van der Waals surface area contributed by atoms with E-state index in [1.165, 1.54) is 0 Å². The van der Waals surface area contributed by atoms with Crippen LogP contribution >= 0.6 is 11.6 Å². The molecule has 5 nitrogen and oxygen atoms in total. The van der Waals surface area contributed by atoms with Crippen molar-refractivity contribution in [2.24, 2.45) is 0 Å². The number of para-hydroxylation sites is 1. The van der Waals surface area contributed by atoms with Gasteiger partial charge in [-0.2, -0.15) is 0 Å². The van der Waals surface area contributed by atoms with Crippen LogP contribution in [-0.4, -0.2) is 30.3 Å². The highest BCUT2D eigenvalue weighted by atomic mass is 35.5. The number of pyridine rings is 1. The van der Waals surface area contributed by atoms with Gasteiger partial charge in [0, 0.05) is 11.6 Å². The van der Waals surface area contributed by atoms with Gasteiger partial charge in [0.25, 0.3) is 0 Å². The number of aromatic nitrogens is 1. The Morgan fingerprint density at radius 3 is 2.69 bits per heavy atom. The number of carbonyl (C=O) groups excluding carboxylic acids is 1. The van der Waals surface area contributed by atoms with Gasteiger partial charge in [-0.3, -0.25) is 4.98 Å². The third-order valence-corrected chi connectivity index (χ3v) is 3.92. The molecule has 0 bridgehead atoms. The molecule has 134 valence electrons. The molecule has 0 saturated carbocycles. The van der Waals surface area contributed by atoms with Gasteiger partial charge >= 0.3 is 5.97 Å². The third-order valence-electron chi connectivity index (χ3n) is 3.59. The Morgan fingerprint density at radius 2 is 1.88 bits per heavy atom. The van der Waals surface area contributed by atoms with Gasteiger partial charge in [-0.1, -0.05) is 29.8 Å². The van der Waals surface area contributed by atoms with Crippen LogP contribution in [0.4, 0.5) is 0 Å². The second-order valence-corrected chi connectivity index (χ2v) is 6.07. The zero-order valence-corrected chi connectivity index (χ0v) is 15.0. The molecule has 0 aliphatic carbocycles. The lowest BCUT2D eigenvalue weighted by atomic mass is 10.2. The molecule has 1 unspecified atom stereocenters. The van der Waals surface area contributed by atoms with Gasteiger partial charge < -0.3 is 14.2 Å². The molecule has 3 aromatic rings. The molecule has 1 aromatic heterocycles. The summed E-state index contributed by atoms with van der Waals surface area (Å²) >= 11 is 6.14. The lowest BCUT2D eigenvalue weighted by molar-refractivity contribution is -0.151. The first-order valence-corrected chi connectivity index (χ1v) is 8.54. The number of hydrogen-bond donors (Lipinski definition) is 0. The summed E-state index contributed by atoms with van der Waals surface area (Å²) in [4.78, 5) is 16.3. The number of rotatable bonds is 7. The molecule has 0 aliphatic heterocycles. The van der Waals surface area contributed by atoms with Crippen LogP contribution < -0.4 is 9.47 Å². The summed E-state index contributed by atoms with van der Waals surface area (Å²) in [6.45, 7) is 1.81. The minimum atomic E-state index is -0.479. The Morgan fingerprint density at radius 1 is 1.08 bits per heavy atom. The topological polar surface area (TPSA) is 57.7 Å². The van der Waals surface area contributed by atoms with E-state index in [1.54, 1.807) is 31.3 Å². The molecule has 0 fully saturated rings. The predicted octanol–water partition coefficient (Wildman–Crippen LogP) is 4.28. The molecule has 0 radical (unpaired) electrons. The average Bonchev–Trinajstić information content (AvgIpc) is 2.67. The number of benzene rings is 2. The van der Waals surface area contributed by atoms with Crippen LogP contribution in [-0.2, 0) is 9.53 Å². The number of ether oxygens (including phenoxy) is 3. The van der Waals surface area contributed by atoms with Crippen molar-refractivity contribution in [3.8, 4) is 11.5 Å². The summed E-state index contributed by atoms with van der Waals surface area (Å²) in [7, 11) is 0. The number of nitrogens with zero attached hydrogens (tertiary/aromatic N) is 1. The van der Waals surface area contributed by atoms with Crippen LogP contribution in [0.2, 0.25) is 5.02 Å². The number of hydrogen-bond acceptors (Lipinski definition) is 5. The molecule has 2 aromatic carbocycles. The lowest BCUT2D eigenvalue weighted by Crippen LogP contribution is -2.25. The molecule has 0 aliphatic rings. The maximum absolute atomic E-state index is 12.0. The smallest absolute Gasteiger partial charge is 0.344 e. The summed E-state index contributed by atoms with van der Waals surface area (Å²) in [5.41, 5.74) is 0.605. The molecule has 3 rings (SSSR count). The van der Waals surface area contributed by atoms with Gasteiger partial charge in [-0.25, -0.2) is 4.79 Å². The monoisotopic (exact) mass is 371 g/mol. The summed E-state index contributed by atoms with van der Waals surface area (Å²) < 4.78 is 16.4. The van der Waals surface area contributed by atoms with Crippen molar-refractivity contribution in [3.05, 3.63) is 65.8 Å². The standard InChI is InChI=1S/C20H18ClNO4/c1-14(12-24-15-6-3-2-4-7-15)26-19(23)13-25-18-10-9-17(21)16-8-5-11-22-20(16)18/h2-11,14H,12-13H2,1H3. The summed E-state index contributed by atoms with van der Waals surface area (Å²) in [5, 5.41) is 1.35. The Kier molecular flexibility index (Phi) is 5.92. The van der Waals surface area contributed by atoms with E-state index < -0.39 is 12.1 Å². The van der Waals surface area contributed by atoms with Crippen molar-refractivity contribution >= 4 is 28.5 Å². The highest BCUT2D eigenvalue weighted by Crippen LogP contribution is 2.29. The molecule has 0 amide bonds. The highest BCUT2D eigenvalue weighted by molar-refractivity contribution is 6.35. The number of halogens is 1. The normalized spacial score (nSPS) is 11.8. The Balaban J connectivity index is 1.52. The van der Waals surface area contributed by atoms with E-state index in [1.807, 2.05) is 36.4 Å². The summed E-state index contributed by atoms with van der Waals surface area (Å²) in [6.07, 6.45) is 1.25. The fraction of sp³-hybridized carbons (Fsp3) is 0.200. The van der Waals surface area contributed by atoms with E-state index >= 15 is 0 Å². The van der Waals surface area contributed by atoms with Crippen LogP contribution in [0.15, 0.2) is 60.8 Å². The van der Waals surface area contributed by atoms with Crippen molar-refractivity contribution in [2.45, 2.75) is 13.0 Å². The minimum Gasteiger partial charge on any atom is -0.490 e. The van der Waals surface area contributed by atoms with Crippen LogP contribution in [0.1, 0.15) is 6.92 Å². The molecule has 1 atom stereocenters. The van der Waals surface area contributed by atoms with E-state index in [0.29, 0.717) is 16.3 Å². The predicted molar refractivity (Wildman–Crippen MR) is 99.7 cm³/mol. The molecule has 0 saturated heterocycles. The van der Waals surface area contributed by atoms with E-state index in [9.17, 15) is 4.79 Å². The van der Waals surface area contributed by atoms with Crippen molar-refractivity contribution in [1.29, 1.82) is 0 Å². The van der Waals surface area contributed by atoms with Gasteiger partial charge in [-0.05, 0) is 43.3 Å². The van der Waals surface area contributed by atoms with Gasteiger partial charge in [0.2, 0.25) is 0 Å². The third kappa shape index (κ3) is 4.64. The van der Waals surface area contributed by atoms with Crippen molar-refractivity contribution in [3.63, 3.8) is 0 Å². The zero-order valence-electron chi connectivity index (χ0n) is 14.2. The van der Waals surface area contributed by atoms with Gasteiger partial charge in [0.15, 0.2) is 6.61 Å². The SMILES string of the molecule is CC(COc1ccccc1)OC(=O)COc1ccc(Cl)c2cccnc12. The first kappa shape index (κ1) is 18.0. The average molecular weight is 372 g/mol. The van der Waals surface area contributed by atoms with E-state index in [2.05, 4.69) is 4.98 Å². The molecular weight excluding hydrogens is 354 g/mol. The number of esters is 1. The number of fused-ring (bicyclic) bond motifs is 1. The molecular formula is C20H18ClNO4. The van der Waals surface area contributed by atoms with Gasteiger partial charge in [0.1, 0.15) is 29.7 Å². The Labute approximate surface area is 156 Å². The fourth-order valence-corrected chi connectivity index (χ4v) is 2.60. The summed E-state index contributed by atoms with van der Waals surface area (Å²) in [5.74, 6) is 0.730. The zero-order chi connectivity index (χ0) is 18.4. The lowest BCUT2D eigenvalue weighted by Gasteiger charge is -2.15. The second kappa shape index (κ2) is 8.54. The first-order valence-electron chi connectivity index (χ1n) is 8.17. The number of carbonyl (C=O) groups is 1. The quantitative estimate of drug-likeness (QED) is 0.580. The Hall–Kier alpha value is -2.79. The largest absolute Gasteiger partial charge is 0.490 e. The molecule has 0 N–H and O–H groups in total. The maximum atomic E-state index is 12.0. The van der Waals surface area contributed by atoms with Crippen LogP contribution in [0.3, 0.4) is 0 Å². The molecule has 26 heavy (non-hydrogen) atoms. The van der Waals surface area contributed by atoms with Crippen molar-refractivity contribution in [1.82, 2.24) is 4.98 Å². The summed E-state index contributed by atoms with van der Waals surface area (Å²) in [6, 6.07) is 16.4. The minimum absolute atomic E-state index is 0.219.